The van der Waals surface area contributed by atoms with Gasteiger partial charge in [0.25, 0.3) is 0 Å². The molecule has 3 rings (SSSR count). The number of carbonyl (C=O) groups is 1. The fourth-order valence-corrected chi connectivity index (χ4v) is 3.38. The summed E-state index contributed by atoms with van der Waals surface area (Å²) in [7, 11) is 0. The molecule has 0 unspecified atom stereocenters. The van der Waals surface area contributed by atoms with E-state index >= 15 is 0 Å². The zero-order valence-electron chi connectivity index (χ0n) is 16.6. The number of hydrogen-bond donors (Lipinski definition) is 1. The molecule has 8 heteroatoms. The van der Waals surface area contributed by atoms with E-state index in [0.29, 0.717) is 25.5 Å². The predicted molar refractivity (Wildman–Crippen MR) is 107 cm³/mol. The van der Waals surface area contributed by atoms with Gasteiger partial charge in [0.1, 0.15) is 5.82 Å². The zero-order chi connectivity index (χ0) is 21.0. The van der Waals surface area contributed by atoms with Gasteiger partial charge in [-0.15, -0.1) is 0 Å². The summed E-state index contributed by atoms with van der Waals surface area (Å²) < 4.78 is 38.1. The van der Waals surface area contributed by atoms with E-state index in [4.69, 9.17) is 0 Å². The Morgan fingerprint density at radius 1 is 1.10 bits per heavy atom. The van der Waals surface area contributed by atoms with Crippen LogP contribution in [0.1, 0.15) is 23.1 Å². The van der Waals surface area contributed by atoms with Crippen molar-refractivity contribution in [2.75, 3.05) is 42.9 Å². The van der Waals surface area contributed by atoms with Gasteiger partial charge in [0.15, 0.2) is 0 Å². The fraction of sp³-hybridized carbons (Fsp3) is 0.429. The Hall–Kier alpha value is -2.61. The number of amides is 1. The molecule has 5 nitrogen and oxygen atoms in total. The standard InChI is InChI=1S/C21H25F3N4O/c1-15-5-3-6-18(16(15)2)26-20(29)14-27-9-4-10-28(12-11-27)19-8-7-17(13-25-19)21(22,23)24/h3,5-8,13H,4,9-12,14H2,1-2H3,(H,26,29). The van der Waals surface area contributed by atoms with E-state index in [1.807, 2.05) is 36.9 Å². The van der Waals surface area contributed by atoms with Gasteiger partial charge in [-0.1, -0.05) is 12.1 Å². The molecule has 0 radical (unpaired) electrons. The maximum Gasteiger partial charge on any atom is 0.417 e. The molecule has 1 aliphatic rings. The Labute approximate surface area is 168 Å². The summed E-state index contributed by atoms with van der Waals surface area (Å²) in [4.78, 5) is 20.5. The Morgan fingerprint density at radius 3 is 2.59 bits per heavy atom. The van der Waals surface area contributed by atoms with E-state index in [0.717, 1.165) is 42.0 Å². The second-order valence-electron chi connectivity index (χ2n) is 7.32. The molecule has 29 heavy (non-hydrogen) atoms. The topological polar surface area (TPSA) is 48.5 Å². The molecule has 2 aromatic rings. The Bertz CT molecular complexity index is 852. The van der Waals surface area contributed by atoms with Crippen LogP contribution in [-0.2, 0) is 11.0 Å². The van der Waals surface area contributed by atoms with Crippen molar-refractivity contribution in [1.29, 1.82) is 0 Å². The maximum absolute atomic E-state index is 12.7. The van der Waals surface area contributed by atoms with Gasteiger partial charge in [-0.3, -0.25) is 9.69 Å². The highest BCUT2D eigenvalue weighted by Crippen LogP contribution is 2.29. The van der Waals surface area contributed by atoms with Gasteiger partial charge in [-0.25, -0.2) is 4.98 Å². The molecule has 1 aliphatic heterocycles. The van der Waals surface area contributed by atoms with Crippen molar-refractivity contribution in [2.24, 2.45) is 0 Å². The number of aromatic nitrogens is 1. The van der Waals surface area contributed by atoms with Crippen molar-refractivity contribution < 1.29 is 18.0 Å². The highest BCUT2D eigenvalue weighted by atomic mass is 19.4. The van der Waals surface area contributed by atoms with E-state index < -0.39 is 11.7 Å². The minimum Gasteiger partial charge on any atom is -0.355 e. The quantitative estimate of drug-likeness (QED) is 0.838. The number of halogens is 3. The Kier molecular flexibility index (Phi) is 6.42. The smallest absolute Gasteiger partial charge is 0.355 e. The summed E-state index contributed by atoms with van der Waals surface area (Å²) in [5.74, 6) is 0.458. The molecule has 1 N–H and O–H groups in total. The number of carbonyl (C=O) groups excluding carboxylic acids is 1. The van der Waals surface area contributed by atoms with E-state index in [2.05, 4.69) is 15.2 Å². The van der Waals surface area contributed by atoms with Gasteiger partial charge in [0.2, 0.25) is 5.91 Å². The van der Waals surface area contributed by atoms with Crippen molar-refractivity contribution >= 4 is 17.4 Å². The lowest BCUT2D eigenvalue weighted by molar-refractivity contribution is -0.137. The Morgan fingerprint density at radius 2 is 1.90 bits per heavy atom. The lowest BCUT2D eigenvalue weighted by Gasteiger charge is -2.23. The second-order valence-corrected chi connectivity index (χ2v) is 7.32. The number of nitrogens with zero attached hydrogens (tertiary/aromatic N) is 3. The minimum absolute atomic E-state index is 0.0696. The van der Waals surface area contributed by atoms with Crippen molar-refractivity contribution in [2.45, 2.75) is 26.4 Å². The maximum atomic E-state index is 12.7. The first-order valence-electron chi connectivity index (χ1n) is 9.60. The number of aryl methyl sites for hydroxylation is 1. The molecule has 1 fully saturated rings. The first-order chi connectivity index (χ1) is 13.7. The monoisotopic (exact) mass is 406 g/mol. The molecule has 0 atom stereocenters. The molecular formula is C21H25F3N4O. The number of anilines is 2. The predicted octanol–water partition coefficient (Wildman–Crippen LogP) is 3.87. The van der Waals surface area contributed by atoms with Crippen LogP contribution in [0.3, 0.4) is 0 Å². The van der Waals surface area contributed by atoms with Crippen LogP contribution in [0.5, 0.6) is 0 Å². The van der Waals surface area contributed by atoms with Crippen LogP contribution < -0.4 is 10.2 Å². The van der Waals surface area contributed by atoms with Crippen molar-refractivity contribution in [3.05, 3.63) is 53.2 Å². The summed E-state index contributed by atoms with van der Waals surface area (Å²) >= 11 is 0. The normalized spacial score (nSPS) is 15.8. The number of nitrogens with one attached hydrogen (secondary N) is 1. The van der Waals surface area contributed by atoms with Crippen molar-refractivity contribution in [3.8, 4) is 0 Å². The highest BCUT2D eigenvalue weighted by Gasteiger charge is 2.31. The molecule has 0 bridgehead atoms. The first kappa shape index (κ1) is 21.1. The van der Waals surface area contributed by atoms with Gasteiger partial charge in [0, 0.05) is 38.1 Å². The largest absolute Gasteiger partial charge is 0.417 e. The molecular weight excluding hydrogens is 381 g/mol. The molecule has 2 heterocycles. The average Bonchev–Trinajstić information content (AvgIpc) is 2.90. The Balaban J connectivity index is 1.55. The summed E-state index contributed by atoms with van der Waals surface area (Å²) in [6.45, 7) is 6.94. The highest BCUT2D eigenvalue weighted by molar-refractivity contribution is 5.93. The lowest BCUT2D eigenvalue weighted by atomic mass is 10.1. The van der Waals surface area contributed by atoms with Gasteiger partial charge in [-0.05, 0) is 49.6 Å². The molecule has 1 saturated heterocycles. The summed E-state index contributed by atoms with van der Waals surface area (Å²) in [5, 5.41) is 2.97. The zero-order valence-corrected chi connectivity index (χ0v) is 16.6. The number of alkyl halides is 3. The van der Waals surface area contributed by atoms with Crippen LogP contribution in [0, 0.1) is 13.8 Å². The van der Waals surface area contributed by atoms with Crippen LogP contribution in [0.15, 0.2) is 36.5 Å². The van der Waals surface area contributed by atoms with E-state index in [9.17, 15) is 18.0 Å². The third kappa shape index (κ3) is 5.47. The molecule has 1 amide bonds. The van der Waals surface area contributed by atoms with Crippen molar-refractivity contribution in [3.63, 3.8) is 0 Å². The van der Waals surface area contributed by atoms with Crippen molar-refractivity contribution in [1.82, 2.24) is 9.88 Å². The molecule has 156 valence electrons. The SMILES string of the molecule is Cc1cccc(NC(=O)CN2CCCN(c3ccc(C(F)(F)F)cn3)CC2)c1C. The van der Waals surface area contributed by atoms with Gasteiger partial charge in [-0.2, -0.15) is 13.2 Å². The second kappa shape index (κ2) is 8.82. The number of benzene rings is 1. The molecule has 1 aromatic heterocycles. The van der Waals surface area contributed by atoms with Crippen LogP contribution in [0.25, 0.3) is 0 Å². The van der Waals surface area contributed by atoms with Crippen LogP contribution in [-0.4, -0.2) is 48.5 Å². The van der Waals surface area contributed by atoms with Gasteiger partial charge >= 0.3 is 6.18 Å². The van der Waals surface area contributed by atoms with E-state index in [-0.39, 0.29) is 12.5 Å². The van der Waals surface area contributed by atoms with Gasteiger partial charge in [0.05, 0.1) is 12.1 Å². The third-order valence-electron chi connectivity index (χ3n) is 5.23. The molecule has 0 aliphatic carbocycles. The fourth-order valence-electron chi connectivity index (χ4n) is 3.38. The number of rotatable bonds is 4. The average molecular weight is 406 g/mol. The van der Waals surface area contributed by atoms with E-state index in [1.165, 1.54) is 6.07 Å². The summed E-state index contributed by atoms with van der Waals surface area (Å²) in [6.07, 6.45) is -2.71. The minimum atomic E-state index is -4.38. The third-order valence-corrected chi connectivity index (χ3v) is 5.23. The first-order valence-corrected chi connectivity index (χ1v) is 9.60. The number of hydrogen-bond acceptors (Lipinski definition) is 4. The lowest BCUT2D eigenvalue weighted by Crippen LogP contribution is -2.36. The summed E-state index contributed by atoms with van der Waals surface area (Å²) in [6, 6.07) is 8.28. The van der Waals surface area contributed by atoms with Crippen LogP contribution in [0.4, 0.5) is 24.7 Å². The van der Waals surface area contributed by atoms with E-state index in [1.54, 1.807) is 0 Å². The molecule has 1 aromatic carbocycles. The van der Waals surface area contributed by atoms with Crippen LogP contribution in [0.2, 0.25) is 0 Å². The molecule has 0 spiro atoms. The molecule has 0 saturated carbocycles. The van der Waals surface area contributed by atoms with Gasteiger partial charge < -0.3 is 10.2 Å². The van der Waals surface area contributed by atoms with Crippen LogP contribution >= 0.6 is 0 Å². The summed E-state index contributed by atoms with van der Waals surface area (Å²) in [5.41, 5.74) is 2.25. The number of pyridine rings is 1.